The fourth-order valence-corrected chi connectivity index (χ4v) is 3.70. The summed E-state index contributed by atoms with van der Waals surface area (Å²) >= 11 is 0. The molecule has 0 radical (unpaired) electrons. The largest absolute Gasteiger partial charge is 0.507 e. The van der Waals surface area contributed by atoms with Gasteiger partial charge in [0.15, 0.2) is 0 Å². The Bertz CT molecular complexity index is 1210. The molecule has 2 aromatic carbocycles. The summed E-state index contributed by atoms with van der Waals surface area (Å²) in [6, 6.07) is 11.9. The van der Waals surface area contributed by atoms with Crippen LogP contribution in [0.25, 0.3) is 5.76 Å². The van der Waals surface area contributed by atoms with Crippen molar-refractivity contribution in [2.75, 3.05) is 0 Å². The van der Waals surface area contributed by atoms with Gasteiger partial charge in [-0.1, -0.05) is 24.3 Å². The summed E-state index contributed by atoms with van der Waals surface area (Å²) in [6.07, 6.45) is 3.11. The Hall–Kier alpha value is -3.87. The lowest BCUT2D eigenvalue weighted by Crippen LogP contribution is -2.29. The van der Waals surface area contributed by atoms with E-state index < -0.39 is 35.1 Å². The van der Waals surface area contributed by atoms with Gasteiger partial charge in [-0.2, -0.15) is 0 Å². The summed E-state index contributed by atoms with van der Waals surface area (Å²) in [6.45, 7) is 1.51. The predicted molar refractivity (Wildman–Crippen MR) is 110 cm³/mol. The molecule has 1 atom stereocenters. The number of hydrogen-bond acceptors (Lipinski definition) is 4. The van der Waals surface area contributed by atoms with Crippen molar-refractivity contribution in [3.05, 3.63) is 106 Å². The van der Waals surface area contributed by atoms with E-state index in [-0.39, 0.29) is 28.8 Å². The third-order valence-corrected chi connectivity index (χ3v) is 5.25. The normalized spacial score (nSPS) is 17.9. The third-order valence-electron chi connectivity index (χ3n) is 5.25. The quantitative estimate of drug-likeness (QED) is 0.388. The van der Waals surface area contributed by atoms with E-state index in [2.05, 4.69) is 4.98 Å². The van der Waals surface area contributed by atoms with Crippen molar-refractivity contribution in [1.29, 1.82) is 0 Å². The van der Waals surface area contributed by atoms with Crippen LogP contribution in [0.3, 0.4) is 0 Å². The van der Waals surface area contributed by atoms with Gasteiger partial charge in [0.05, 0.1) is 11.6 Å². The molecule has 2 heterocycles. The summed E-state index contributed by atoms with van der Waals surface area (Å²) in [7, 11) is 0. The number of carbonyl (C=O) groups is 2. The van der Waals surface area contributed by atoms with Gasteiger partial charge in [0.2, 0.25) is 0 Å². The lowest BCUT2D eigenvalue weighted by Gasteiger charge is -2.25. The molecule has 156 valence electrons. The number of amides is 1. The van der Waals surface area contributed by atoms with Crippen molar-refractivity contribution < 1.29 is 23.5 Å². The van der Waals surface area contributed by atoms with Crippen LogP contribution in [-0.4, -0.2) is 26.7 Å². The van der Waals surface area contributed by atoms with Crippen LogP contribution in [0, 0.1) is 18.6 Å². The van der Waals surface area contributed by atoms with Gasteiger partial charge >= 0.3 is 0 Å². The summed E-state index contributed by atoms with van der Waals surface area (Å²) in [4.78, 5) is 31.1. The molecule has 1 aliphatic rings. The number of aromatic nitrogens is 1. The van der Waals surface area contributed by atoms with Gasteiger partial charge in [-0.3, -0.25) is 14.6 Å². The number of pyridine rings is 1. The predicted octanol–water partition coefficient (Wildman–Crippen LogP) is 4.29. The van der Waals surface area contributed by atoms with E-state index in [0.717, 1.165) is 6.07 Å². The lowest BCUT2D eigenvalue weighted by atomic mass is 9.94. The van der Waals surface area contributed by atoms with E-state index in [0.29, 0.717) is 5.56 Å². The number of carbonyl (C=O) groups excluding carboxylic acids is 2. The van der Waals surface area contributed by atoms with Gasteiger partial charge in [0.1, 0.15) is 17.4 Å². The van der Waals surface area contributed by atoms with Crippen molar-refractivity contribution in [2.45, 2.75) is 19.5 Å². The molecule has 4 rings (SSSR count). The van der Waals surface area contributed by atoms with E-state index >= 15 is 0 Å². The van der Waals surface area contributed by atoms with E-state index in [1.165, 1.54) is 42.2 Å². The molecule has 0 spiro atoms. The number of aliphatic hydroxyl groups is 1. The minimum atomic E-state index is -1.15. The lowest BCUT2D eigenvalue weighted by molar-refractivity contribution is -0.140. The topological polar surface area (TPSA) is 70.5 Å². The number of ketones is 1. The van der Waals surface area contributed by atoms with E-state index in [1.54, 1.807) is 30.6 Å². The van der Waals surface area contributed by atoms with Crippen LogP contribution in [0.1, 0.15) is 28.3 Å². The summed E-state index contributed by atoms with van der Waals surface area (Å²) in [5.41, 5.74) is 0.898. The molecular formula is C24H18F2N2O3. The molecule has 1 N–H and O–H groups in total. The van der Waals surface area contributed by atoms with Gasteiger partial charge in [0.25, 0.3) is 11.7 Å². The molecule has 1 amide bonds. The average molecular weight is 420 g/mol. The van der Waals surface area contributed by atoms with E-state index in [9.17, 15) is 23.5 Å². The number of benzene rings is 2. The molecule has 1 unspecified atom stereocenters. The molecule has 3 aromatic rings. The SMILES string of the molecule is Cc1cc(/C(O)=C2\C(=O)C(=O)N(Cc3cccnc3)C2c2ccccc2F)ccc1F. The summed E-state index contributed by atoms with van der Waals surface area (Å²) in [5, 5.41) is 11.0. The monoisotopic (exact) mass is 420 g/mol. The standard InChI is InChI=1S/C24H18F2N2O3/c1-14-11-16(8-9-18(14)25)22(29)20-21(17-6-2-3-7-19(17)26)28(24(31)23(20)30)13-15-5-4-10-27-12-15/h2-12,21,29H,13H2,1H3/b22-20+. The number of nitrogens with zero attached hydrogens (tertiary/aromatic N) is 2. The number of rotatable bonds is 4. The molecule has 0 saturated carbocycles. The first kappa shape index (κ1) is 20.4. The minimum Gasteiger partial charge on any atom is -0.507 e. The Morgan fingerprint density at radius 2 is 1.84 bits per heavy atom. The van der Waals surface area contributed by atoms with Crippen molar-refractivity contribution in [3.63, 3.8) is 0 Å². The van der Waals surface area contributed by atoms with Gasteiger partial charge in [-0.25, -0.2) is 8.78 Å². The third kappa shape index (κ3) is 3.70. The average Bonchev–Trinajstić information content (AvgIpc) is 3.01. The number of aliphatic hydroxyl groups excluding tert-OH is 1. The molecule has 1 aromatic heterocycles. The van der Waals surface area contributed by atoms with Gasteiger partial charge < -0.3 is 10.0 Å². The number of hydrogen-bond donors (Lipinski definition) is 1. The highest BCUT2D eigenvalue weighted by Crippen LogP contribution is 2.41. The van der Waals surface area contributed by atoms with Crippen LogP contribution in [-0.2, 0) is 16.1 Å². The summed E-state index contributed by atoms with van der Waals surface area (Å²) in [5.74, 6) is -3.37. The number of likely N-dealkylation sites (tertiary alicyclic amines) is 1. The maximum absolute atomic E-state index is 14.7. The molecule has 0 bridgehead atoms. The Labute approximate surface area is 177 Å². The zero-order valence-electron chi connectivity index (χ0n) is 16.5. The highest BCUT2D eigenvalue weighted by Gasteiger charge is 2.47. The smallest absolute Gasteiger partial charge is 0.295 e. The first-order chi connectivity index (χ1) is 14.9. The van der Waals surface area contributed by atoms with Crippen LogP contribution in [0.5, 0.6) is 0 Å². The number of aryl methyl sites for hydroxylation is 1. The Morgan fingerprint density at radius 1 is 1.06 bits per heavy atom. The molecule has 7 heteroatoms. The molecule has 31 heavy (non-hydrogen) atoms. The van der Waals surface area contributed by atoms with Crippen LogP contribution in [0.2, 0.25) is 0 Å². The highest BCUT2D eigenvalue weighted by molar-refractivity contribution is 6.46. The first-order valence-corrected chi connectivity index (χ1v) is 9.56. The minimum absolute atomic E-state index is 0.00333. The second-order valence-corrected chi connectivity index (χ2v) is 7.27. The first-order valence-electron chi connectivity index (χ1n) is 9.56. The molecule has 1 fully saturated rings. The number of halogens is 2. The Kier molecular flexibility index (Phi) is 5.33. The van der Waals surface area contributed by atoms with Crippen LogP contribution in [0.4, 0.5) is 8.78 Å². The van der Waals surface area contributed by atoms with Gasteiger partial charge in [0, 0.05) is 30.1 Å². The molecular weight excluding hydrogens is 402 g/mol. The molecule has 1 saturated heterocycles. The fraction of sp³-hybridized carbons (Fsp3) is 0.125. The van der Waals surface area contributed by atoms with Gasteiger partial charge in [-0.15, -0.1) is 0 Å². The van der Waals surface area contributed by atoms with Crippen molar-refractivity contribution in [2.24, 2.45) is 0 Å². The zero-order valence-corrected chi connectivity index (χ0v) is 16.5. The fourth-order valence-electron chi connectivity index (χ4n) is 3.70. The van der Waals surface area contributed by atoms with E-state index in [4.69, 9.17) is 0 Å². The Balaban J connectivity index is 1.90. The molecule has 1 aliphatic heterocycles. The maximum Gasteiger partial charge on any atom is 0.295 e. The Morgan fingerprint density at radius 3 is 2.52 bits per heavy atom. The maximum atomic E-state index is 14.7. The van der Waals surface area contributed by atoms with Crippen LogP contribution < -0.4 is 0 Å². The molecule has 5 nitrogen and oxygen atoms in total. The summed E-state index contributed by atoms with van der Waals surface area (Å²) < 4.78 is 28.4. The van der Waals surface area contributed by atoms with Crippen LogP contribution in [0.15, 0.2) is 72.6 Å². The zero-order chi connectivity index (χ0) is 22.1. The second kappa shape index (κ2) is 8.10. The van der Waals surface area contributed by atoms with E-state index in [1.807, 2.05) is 0 Å². The highest BCUT2D eigenvalue weighted by atomic mass is 19.1. The van der Waals surface area contributed by atoms with Crippen molar-refractivity contribution in [3.8, 4) is 0 Å². The van der Waals surface area contributed by atoms with Gasteiger partial charge in [-0.05, 0) is 48.4 Å². The van der Waals surface area contributed by atoms with Crippen LogP contribution >= 0.6 is 0 Å². The second-order valence-electron chi connectivity index (χ2n) is 7.27. The van der Waals surface area contributed by atoms with Crippen molar-refractivity contribution >= 4 is 17.4 Å². The van der Waals surface area contributed by atoms with Crippen molar-refractivity contribution in [1.82, 2.24) is 9.88 Å². The molecule has 0 aliphatic carbocycles. The number of Topliss-reactive ketones (excluding diaryl/α,β-unsaturated/α-hetero) is 1.